The molecule has 0 aliphatic carbocycles. The Bertz CT molecular complexity index is 1110. The molecule has 3 N–H and O–H groups in total. The second-order valence-corrected chi connectivity index (χ2v) is 7.47. The molecule has 0 unspecified atom stereocenters. The van der Waals surface area contributed by atoms with Crippen LogP contribution in [0.4, 0.5) is 5.95 Å². The number of thiazole rings is 1. The van der Waals surface area contributed by atoms with Gasteiger partial charge in [-0.3, -0.25) is 0 Å². The molecule has 0 fully saturated rings. The van der Waals surface area contributed by atoms with Gasteiger partial charge in [0, 0.05) is 11.8 Å². The van der Waals surface area contributed by atoms with E-state index in [4.69, 9.17) is 4.98 Å². The molecule has 2 aromatic heterocycles. The van der Waals surface area contributed by atoms with Crippen LogP contribution in [-0.4, -0.2) is 44.4 Å². The van der Waals surface area contributed by atoms with Gasteiger partial charge in [0.15, 0.2) is 0 Å². The summed E-state index contributed by atoms with van der Waals surface area (Å²) in [5.41, 5.74) is 2.74. The summed E-state index contributed by atoms with van der Waals surface area (Å²) in [6.07, 6.45) is 1.66. The number of benzene rings is 2. The number of aromatic nitrogens is 3. The summed E-state index contributed by atoms with van der Waals surface area (Å²) in [7, 11) is 0. The lowest BCUT2D eigenvalue weighted by Gasteiger charge is -2.13. The molecule has 0 amide bonds. The number of nitrogens with zero attached hydrogens (tertiary/aromatic N) is 3. The van der Waals surface area contributed by atoms with Crippen LogP contribution in [0.25, 0.3) is 31.9 Å². The maximum Gasteiger partial charge on any atom is 0.223 e. The smallest absolute Gasteiger partial charge is 0.223 e. The summed E-state index contributed by atoms with van der Waals surface area (Å²) in [5.74, 6) is 0.366. The van der Waals surface area contributed by atoms with E-state index in [1.165, 1.54) is 10.8 Å². The molecular formula is C21H20N4O2S. The monoisotopic (exact) mass is 392 g/mol. The van der Waals surface area contributed by atoms with Crippen LogP contribution in [0.15, 0.2) is 54.7 Å². The van der Waals surface area contributed by atoms with Gasteiger partial charge in [0.05, 0.1) is 35.5 Å². The number of aryl methyl sites for hydroxylation is 1. The lowest BCUT2D eigenvalue weighted by molar-refractivity contribution is 0.203. The quantitative estimate of drug-likeness (QED) is 0.465. The highest BCUT2D eigenvalue weighted by molar-refractivity contribution is 7.18. The molecule has 2 aromatic carbocycles. The Balaban J connectivity index is 1.67. The molecule has 2 heterocycles. The number of aliphatic hydroxyl groups is 2. The van der Waals surface area contributed by atoms with Crippen molar-refractivity contribution in [1.29, 1.82) is 0 Å². The number of nitrogens with one attached hydrogen (secondary N) is 1. The van der Waals surface area contributed by atoms with Gasteiger partial charge < -0.3 is 15.5 Å². The van der Waals surface area contributed by atoms with Gasteiger partial charge in [-0.25, -0.2) is 15.0 Å². The second kappa shape index (κ2) is 8.02. The van der Waals surface area contributed by atoms with Crippen LogP contribution in [0.1, 0.15) is 5.69 Å². The summed E-state index contributed by atoms with van der Waals surface area (Å²) in [5, 5.41) is 24.7. The van der Waals surface area contributed by atoms with E-state index in [-0.39, 0.29) is 13.2 Å². The summed E-state index contributed by atoms with van der Waals surface area (Å²) >= 11 is 1.59. The van der Waals surface area contributed by atoms with Crippen molar-refractivity contribution < 1.29 is 10.2 Å². The lowest BCUT2D eigenvalue weighted by atomic mass is 10.1. The van der Waals surface area contributed by atoms with Crippen molar-refractivity contribution in [2.24, 2.45) is 0 Å². The van der Waals surface area contributed by atoms with Crippen LogP contribution in [0.2, 0.25) is 0 Å². The average Bonchev–Trinajstić information content (AvgIpc) is 3.13. The number of rotatable bonds is 6. The maximum atomic E-state index is 9.24. The lowest BCUT2D eigenvalue weighted by Crippen LogP contribution is -2.28. The van der Waals surface area contributed by atoms with Crippen LogP contribution in [-0.2, 0) is 0 Å². The molecule has 0 bridgehead atoms. The first-order valence-electron chi connectivity index (χ1n) is 8.96. The van der Waals surface area contributed by atoms with Gasteiger partial charge in [-0.05, 0) is 29.8 Å². The molecule has 0 saturated heterocycles. The Morgan fingerprint density at radius 1 is 1.00 bits per heavy atom. The molecule has 4 rings (SSSR count). The Hall–Kier alpha value is -2.87. The summed E-state index contributed by atoms with van der Waals surface area (Å²) in [6.45, 7) is 1.57. The Morgan fingerprint density at radius 3 is 2.57 bits per heavy atom. The normalized spacial score (nSPS) is 11.3. The molecule has 28 heavy (non-hydrogen) atoms. The Kier molecular flexibility index (Phi) is 5.29. The van der Waals surface area contributed by atoms with Crippen molar-refractivity contribution >= 4 is 28.1 Å². The molecule has 0 aliphatic rings. The molecule has 7 heteroatoms. The third-order valence-electron chi connectivity index (χ3n) is 4.46. The highest BCUT2D eigenvalue weighted by Gasteiger charge is 2.14. The number of hydrogen-bond acceptors (Lipinski definition) is 7. The molecule has 0 atom stereocenters. The van der Waals surface area contributed by atoms with Gasteiger partial charge in [-0.1, -0.05) is 36.4 Å². The van der Waals surface area contributed by atoms with Crippen molar-refractivity contribution in [3.8, 4) is 21.1 Å². The molecular weight excluding hydrogens is 372 g/mol. The first-order chi connectivity index (χ1) is 13.7. The largest absolute Gasteiger partial charge is 0.394 e. The molecule has 0 spiro atoms. The van der Waals surface area contributed by atoms with Gasteiger partial charge in [0.1, 0.15) is 5.01 Å². The summed E-state index contributed by atoms with van der Waals surface area (Å²) in [4.78, 5) is 14.4. The van der Waals surface area contributed by atoms with Gasteiger partial charge >= 0.3 is 0 Å². The van der Waals surface area contributed by atoms with Gasteiger partial charge in [0.25, 0.3) is 0 Å². The molecule has 6 nitrogen and oxygen atoms in total. The van der Waals surface area contributed by atoms with Crippen LogP contribution < -0.4 is 5.32 Å². The average molecular weight is 392 g/mol. The summed E-state index contributed by atoms with van der Waals surface area (Å²) < 4.78 is 0. The first kappa shape index (κ1) is 18.5. The van der Waals surface area contributed by atoms with E-state index >= 15 is 0 Å². The summed E-state index contributed by atoms with van der Waals surface area (Å²) in [6, 6.07) is 16.0. The van der Waals surface area contributed by atoms with E-state index in [1.54, 1.807) is 17.5 Å². The molecule has 0 radical (unpaired) electrons. The standard InChI is InChI=1S/C21H20N4O2S/c1-13-19(18-8-9-22-21(25-18)24-17(11-26)12-27)28-20(23-13)16-7-6-14-4-2-3-5-15(14)10-16/h2-10,17,26-27H,11-12H2,1H3,(H,22,24,25). The van der Waals surface area contributed by atoms with Crippen molar-refractivity contribution in [3.63, 3.8) is 0 Å². The second-order valence-electron chi connectivity index (χ2n) is 6.47. The number of fused-ring (bicyclic) bond motifs is 1. The van der Waals surface area contributed by atoms with Crippen molar-refractivity contribution in [3.05, 3.63) is 60.4 Å². The Labute approximate surface area is 166 Å². The minimum atomic E-state index is -0.494. The predicted molar refractivity (Wildman–Crippen MR) is 112 cm³/mol. The van der Waals surface area contributed by atoms with Crippen LogP contribution >= 0.6 is 11.3 Å². The molecule has 142 valence electrons. The number of anilines is 1. The van der Waals surface area contributed by atoms with Crippen LogP contribution in [0, 0.1) is 6.92 Å². The van der Waals surface area contributed by atoms with Crippen molar-refractivity contribution in [2.75, 3.05) is 18.5 Å². The van der Waals surface area contributed by atoms with Gasteiger partial charge in [-0.2, -0.15) is 0 Å². The van der Waals surface area contributed by atoms with Crippen molar-refractivity contribution in [1.82, 2.24) is 15.0 Å². The minimum absolute atomic E-state index is 0.199. The van der Waals surface area contributed by atoms with E-state index < -0.39 is 6.04 Å². The molecule has 4 aromatic rings. The minimum Gasteiger partial charge on any atom is -0.394 e. The maximum absolute atomic E-state index is 9.24. The predicted octanol–water partition coefficient (Wildman–Crippen LogP) is 3.49. The zero-order valence-corrected chi connectivity index (χ0v) is 16.1. The third-order valence-corrected chi connectivity index (χ3v) is 5.68. The SMILES string of the molecule is Cc1nc(-c2ccc3ccccc3c2)sc1-c1ccnc(NC(CO)CO)n1. The van der Waals surface area contributed by atoms with E-state index in [0.29, 0.717) is 5.95 Å². The van der Waals surface area contributed by atoms with E-state index in [9.17, 15) is 10.2 Å². The fourth-order valence-electron chi connectivity index (χ4n) is 2.97. The zero-order chi connectivity index (χ0) is 19.5. The zero-order valence-electron chi connectivity index (χ0n) is 15.3. The first-order valence-corrected chi connectivity index (χ1v) is 9.78. The fraction of sp³-hybridized carbons (Fsp3) is 0.190. The number of hydrogen-bond donors (Lipinski definition) is 3. The third kappa shape index (κ3) is 3.73. The Morgan fingerprint density at radius 2 is 1.79 bits per heavy atom. The fourth-order valence-corrected chi connectivity index (χ4v) is 4.00. The van der Waals surface area contributed by atoms with Gasteiger partial charge in [0.2, 0.25) is 5.95 Å². The molecule has 0 saturated carbocycles. The highest BCUT2D eigenvalue weighted by Crippen LogP contribution is 2.35. The van der Waals surface area contributed by atoms with Crippen LogP contribution in [0.3, 0.4) is 0 Å². The van der Waals surface area contributed by atoms with Crippen LogP contribution in [0.5, 0.6) is 0 Å². The topological polar surface area (TPSA) is 91.2 Å². The van der Waals surface area contributed by atoms with E-state index in [0.717, 1.165) is 26.8 Å². The van der Waals surface area contributed by atoms with Crippen molar-refractivity contribution in [2.45, 2.75) is 13.0 Å². The highest BCUT2D eigenvalue weighted by atomic mass is 32.1. The van der Waals surface area contributed by atoms with E-state index in [1.807, 2.05) is 25.1 Å². The van der Waals surface area contributed by atoms with E-state index in [2.05, 4.69) is 45.6 Å². The molecule has 0 aliphatic heterocycles. The number of aliphatic hydroxyl groups excluding tert-OH is 2. The van der Waals surface area contributed by atoms with Gasteiger partial charge in [-0.15, -0.1) is 11.3 Å².